The Labute approximate surface area is 206 Å². The summed E-state index contributed by atoms with van der Waals surface area (Å²) in [7, 11) is 0. The maximum atomic E-state index is 12.7. The van der Waals surface area contributed by atoms with E-state index < -0.39 is 0 Å². The number of thiocarbonyl (C=S) groups is 1. The Morgan fingerprint density at radius 3 is 2.18 bits per heavy atom. The van der Waals surface area contributed by atoms with E-state index in [2.05, 4.69) is 36.2 Å². The third-order valence-electron chi connectivity index (χ3n) is 8.43. The molecule has 0 heterocycles. The molecule has 1 atom stereocenters. The number of hydrogen-bond donors (Lipinski definition) is 0. The van der Waals surface area contributed by atoms with Crippen molar-refractivity contribution in [3.63, 3.8) is 0 Å². The summed E-state index contributed by atoms with van der Waals surface area (Å²) >= 11 is 4.62. The van der Waals surface area contributed by atoms with Crippen LogP contribution in [0.15, 0.2) is 29.3 Å². The molecule has 2 saturated carbocycles. The first-order chi connectivity index (χ1) is 16.1. The molecule has 182 valence electrons. The molecule has 0 N–H and O–H groups in total. The van der Waals surface area contributed by atoms with Gasteiger partial charge in [-0.15, -0.1) is 0 Å². The maximum Gasteiger partial charge on any atom is 0.314 e. The van der Waals surface area contributed by atoms with Gasteiger partial charge in [-0.1, -0.05) is 65.2 Å². The standard InChI is InChI=1S/C29H43NO2S/c1-3-4-5-6-7-8-23-9-11-24(12-10-23)22(2)25-13-15-26(16-14-25)29(31)32-28-19-17-27(18-20-28)30-21-33/h17-20,22-26H,3-16H2,1-2H3. The second kappa shape index (κ2) is 14.0. The predicted molar refractivity (Wildman–Crippen MR) is 140 cm³/mol. The van der Waals surface area contributed by atoms with Crippen LogP contribution < -0.4 is 4.74 Å². The van der Waals surface area contributed by atoms with Crippen LogP contribution in [0.5, 0.6) is 5.75 Å². The quantitative estimate of drug-likeness (QED) is 0.107. The highest BCUT2D eigenvalue weighted by Gasteiger charge is 2.34. The van der Waals surface area contributed by atoms with E-state index in [1.165, 1.54) is 77.0 Å². The summed E-state index contributed by atoms with van der Waals surface area (Å²) in [4.78, 5) is 16.6. The van der Waals surface area contributed by atoms with Crippen LogP contribution in [0.1, 0.15) is 104 Å². The maximum absolute atomic E-state index is 12.7. The number of aliphatic imine (C=N–C) groups is 1. The van der Waals surface area contributed by atoms with Crippen molar-refractivity contribution >= 4 is 29.0 Å². The SMILES string of the molecule is CCCCCCCC1CCC(C(C)C2CCC(C(=O)Oc3ccc(N=C=S)cc3)CC2)CC1. The number of hydrogen-bond acceptors (Lipinski definition) is 4. The van der Waals surface area contributed by atoms with Crippen molar-refractivity contribution in [2.75, 3.05) is 0 Å². The monoisotopic (exact) mass is 469 g/mol. The third kappa shape index (κ3) is 8.34. The van der Waals surface area contributed by atoms with Gasteiger partial charge in [0.25, 0.3) is 0 Å². The van der Waals surface area contributed by atoms with E-state index in [9.17, 15) is 4.79 Å². The fourth-order valence-electron chi connectivity index (χ4n) is 6.15. The lowest BCUT2D eigenvalue weighted by molar-refractivity contribution is -0.140. The number of nitrogens with zero attached hydrogens (tertiary/aromatic N) is 1. The molecule has 1 aromatic rings. The molecule has 2 aliphatic rings. The van der Waals surface area contributed by atoms with E-state index in [-0.39, 0.29) is 11.9 Å². The molecule has 0 aromatic heterocycles. The minimum Gasteiger partial charge on any atom is -0.426 e. The van der Waals surface area contributed by atoms with Gasteiger partial charge in [0.2, 0.25) is 0 Å². The number of rotatable bonds is 11. The highest BCUT2D eigenvalue weighted by molar-refractivity contribution is 7.78. The first kappa shape index (κ1) is 26.1. The van der Waals surface area contributed by atoms with Gasteiger partial charge in [0.15, 0.2) is 0 Å². The third-order valence-corrected chi connectivity index (χ3v) is 8.52. The Kier molecular flexibility index (Phi) is 11.1. The zero-order valence-electron chi connectivity index (χ0n) is 20.8. The van der Waals surface area contributed by atoms with E-state index in [4.69, 9.17) is 4.74 Å². The van der Waals surface area contributed by atoms with Crippen molar-refractivity contribution in [1.82, 2.24) is 0 Å². The van der Waals surface area contributed by atoms with Crippen molar-refractivity contribution in [2.24, 2.45) is 34.6 Å². The van der Waals surface area contributed by atoms with Gasteiger partial charge in [-0.3, -0.25) is 4.79 Å². The lowest BCUT2D eigenvalue weighted by atomic mass is 9.67. The Morgan fingerprint density at radius 2 is 1.58 bits per heavy atom. The molecule has 0 radical (unpaired) electrons. The van der Waals surface area contributed by atoms with Gasteiger partial charge < -0.3 is 4.74 Å². The zero-order chi connectivity index (χ0) is 23.5. The topological polar surface area (TPSA) is 38.7 Å². The second-order valence-electron chi connectivity index (χ2n) is 10.6. The summed E-state index contributed by atoms with van der Waals surface area (Å²) < 4.78 is 5.64. The summed E-state index contributed by atoms with van der Waals surface area (Å²) in [6.45, 7) is 4.78. The van der Waals surface area contributed by atoms with Gasteiger partial charge in [0.05, 0.1) is 16.8 Å². The lowest BCUT2D eigenvalue weighted by Gasteiger charge is -2.38. The molecule has 0 aliphatic heterocycles. The summed E-state index contributed by atoms with van der Waals surface area (Å²) in [5.41, 5.74) is 0.723. The Morgan fingerprint density at radius 1 is 0.970 bits per heavy atom. The molecular weight excluding hydrogens is 426 g/mol. The van der Waals surface area contributed by atoms with Crippen LogP contribution in [-0.4, -0.2) is 11.1 Å². The van der Waals surface area contributed by atoms with E-state index in [1.54, 1.807) is 24.3 Å². The van der Waals surface area contributed by atoms with Gasteiger partial charge in [-0.05, 0) is 98.7 Å². The minimum atomic E-state index is -0.0772. The highest BCUT2D eigenvalue weighted by Crippen LogP contribution is 2.43. The van der Waals surface area contributed by atoms with Gasteiger partial charge in [0.1, 0.15) is 5.75 Å². The number of carbonyl (C=O) groups excluding carboxylic acids is 1. The van der Waals surface area contributed by atoms with Crippen molar-refractivity contribution in [3.8, 4) is 5.75 Å². The van der Waals surface area contributed by atoms with Crippen molar-refractivity contribution in [2.45, 2.75) is 104 Å². The van der Waals surface area contributed by atoms with Crippen LogP contribution in [0.25, 0.3) is 0 Å². The molecule has 2 fully saturated rings. The van der Waals surface area contributed by atoms with Gasteiger partial charge in [0, 0.05) is 0 Å². The summed E-state index contributed by atoms with van der Waals surface area (Å²) in [6, 6.07) is 7.14. The molecule has 0 spiro atoms. The fraction of sp³-hybridized carbons (Fsp3) is 0.724. The van der Waals surface area contributed by atoms with E-state index in [0.717, 1.165) is 42.2 Å². The molecule has 1 aromatic carbocycles. The van der Waals surface area contributed by atoms with Crippen molar-refractivity contribution in [1.29, 1.82) is 0 Å². The van der Waals surface area contributed by atoms with Gasteiger partial charge >= 0.3 is 5.97 Å². The minimum absolute atomic E-state index is 0.0376. The van der Waals surface area contributed by atoms with E-state index in [0.29, 0.717) is 5.75 Å². The average molecular weight is 470 g/mol. The Bertz CT molecular complexity index is 754. The number of carbonyl (C=O) groups is 1. The average Bonchev–Trinajstić information content (AvgIpc) is 2.85. The van der Waals surface area contributed by atoms with Gasteiger partial charge in [-0.2, -0.15) is 4.99 Å². The van der Waals surface area contributed by atoms with Crippen LogP contribution >= 0.6 is 12.2 Å². The van der Waals surface area contributed by atoms with Crippen LogP contribution in [0.3, 0.4) is 0 Å². The smallest absolute Gasteiger partial charge is 0.314 e. The van der Waals surface area contributed by atoms with Crippen LogP contribution in [0.2, 0.25) is 0 Å². The first-order valence-corrected chi connectivity index (χ1v) is 13.9. The molecule has 3 nitrogen and oxygen atoms in total. The van der Waals surface area contributed by atoms with Crippen LogP contribution in [-0.2, 0) is 4.79 Å². The molecule has 0 amide bonds. The molecule has 4 heteroatoms. The number of isothiocyanates is 1. The summed E-state index contributed by atoms with van der Waals surface area (Å²) in [5.74, 6) is 3.99. The summed E-state index contributed by atoms with van der Waals surface area (Å²) in [6.07, 6.45) is 18.5. The summed E-state index contributed by atoms with van der Waals surface area (Å²) in [5, 5.41) is 2.35. The number of unbranched alkanes of at least 4 members (excludes halogenated alkanes) is 4. The number of ether oxygens (including phenoxy) is 1. The molecular formula is C29H43NO2S. The molecule has 1 unspecified atom stereocenters. The van der Waals surface area contributed by atoms with Crippen molar-refractivity contribution < 1.29 is 9.53 Å². The molecule has 0 saturated heterocycles. The van der Waals surface area contributed by atoms with E-state index >= 15 is 0 Å². The fourth-order valence-corrected chi connectivity index (χ4v) is 6.25. The van der Waals surface area contributed by atoms with Crippen LogP contribution in [0.4, 0.5) is 5.69 Å². The highest BCUT2D eigenvalue weighted by atomic mass is 32.1. The normalized spacial score (nSPS) is 26.2. The molecule has 33 heavy (non-hydrogen) atoms. The van der Waals surface area contributed by atoms with Crippen LogP contribution in [0, 0.1) is 29.6 Å². The molecule has 3 rings (SSSR count). The molecule has 2 aliphatic carbocycles. The largest absolute Gasteiger partial charge is 0.426 e. The van der Waals surface area contributed by atoms with E-state index in [1.807, 2.05) is 0 Å². The van der Waals surface area contributed by atoms with Crippen molar-refractivity contribution in [3.05, 3.63) is 24.3 Å². The Hall–Kier alpha value is -1.51. The number of benzene rings is 1. The predicted octanol–water partition coefficient (Wildman–Crippen LogP) is 8.94. The zero-order valence-corrected chi connectivity index (χ0v) is 21.6. The first-order valence-electron chi connectivity index (χ1n) is 13.5. The second-order valence-corrected chi connectivity index (χ2v) is 10.8. The lowest BCUT2D eigenvalue weighted by Crippen LogP contribution is -2.31. The Balaban J connectivity index is 1.35. The van der Waals surface area contributed by atoms with Gasteiger partial charge in [-0.25, -0.2) is 0 Å². The number of esters is 1. The molecule has 0 bridgehead atoms.